The van der Waals surface area contributed by atoms with Crippen molar-refractivity contribution in [2.24, 2.45) is 0 Å². The zero-order valence-corrected chi connectivity index (χ0v) is 11.5. The fourth-order valence-electron chi connectivity index (χ4n) is 1.73. The molecule has 1 aromatic carbocycles. The van der Waals surface area contributed by atoms with Gasteiger partial charge >= 0.3 is 5.97 Å². The minimum atomic E-state index is -0.963. The number of pyridine rings is 1. The molecule has 19 heavy (non-hydrogen) atoms. The number of nitrogen functional groups attached to an aromatic ring is 1. The van der Waals surface area contributed by atoms with Crippen molar-refractivity contribution in [3.8, 4) is 0 Å². The number of nitrogens with zero attached hydrogens (tertiary/aromatic N) is 1. The van der Waals surface area contributed by atoms with Crippen LogP contribution in [-0.4, -0.2) is 16.1 Å². The summed E-state index contributed by atoms with van der Waals surface area (Å²) >= 11 is 1.37. The van der Waals surface area contributed by atoms with Crippen LogP contribution >= 0.6 is 11.8 Å². The van der Waals surface area contributed by atoms with Crippen LogP contribution in [0.5, 0.6) is 0 Å². The third-order valence-electron chi connectivity index (χ3n) is 2.55. The smallest absolute Gasteiger partial charge is 0.335 e. The van der Waals surface area contributed by atoms with Gasteiger partial charge < -0.3 is 10.8 Å². The van der Waals surface area contributed by atoms with Crippen molar-refractivity contribution in [2.45, 2.75) is 23.8 Å². The van der Waals surface area contributed by atoms with E-state index in [-0.39, 0.29) is 5.56 Å². The zero-order valence-electron chi connectivity index (χ0n) is 10.7. The summed E-state index contributed by atoms with van der Waals surface area (Å²) in [5, 5.41) is 9.80. The number of aryl methyl sites for hydroxylation is 2. The summed E-state index contributed by atoms with van der Waals surface area (Å²) in [5.41, 5.74) is 8.69. The Bertz CT molecular complexity index is 621. The third kappa shape index (κ3) is 3.26. The summed E-state index contributed by atoms with van der Waals surface area (Å²) in [4.78, 5) is 16.1. The van der Waals surface area contributed by atoms with Crippen LogP contribution in [0.4, 0.5) is 5.69 Å². The normalized spacial score (nSPS) is 10.4. The van der Waals surface area contributed by atoms with E-state index < -0.39 is 5.97 Å². The maximum Gasteiger partial charge on any atom is 0.335 e. The van der Waals surface area contributed by atoms with Crippen molar-refractivity contribution in [3.63, 3.8) is 0 Å². The van der Waals surface area contributed by atoms with E-state index in [1.165, 1.54) is 17.8 Å². The minimum Gasteiger partial charge on any atom is -0.478 e. The minimum absolute atomic E-state index is 0.223. The molecule has 5 heteroatoms. The standard InChI is InChI=1S/C14H14N2O2S/c1-8-5-9(2)16-13(6-8)19-12-7-10(14(17)18)3-4-11(12)15/h3-7H,15H2,1-2H3,(H,17,18). The number of carbonyl (C=O) groups is 1. The van der Waals surface area contributed by atoms with Crippen molar-refractivity contribution in [1.29, 1.82) is 0 Å². The summed E-state index contributed by atoms with van der Waals surface area (Å²) < 4.78 is 0. The number of nitrogens with two attached hydrogens (primary N) is 1. The van der Waals surface area contributed by atoms with Gasteiger partial charge in [-0.3, -0.25) is 0 Å². The van der Waals surface area contributed by atoms with Gasteiger partial charge in [0.05, 0.1) is 5.56 Å². The molecule has 3 N–H and O–H groups in total. The predicted molar refractivity (Wildman–Crippen MR) is 75.6 cm³/mol. The lowest BCUT2D eigenvalue weighted by Gasteiger charge is -2.07. The summed E-state index contributed by atoms with van der Waals surface area (Å²) in [5.74, 6) is -0.963. The van der Waals surface area contributed by atoms with Crippen LogP contribution in [0.15, 0.2) is 40.3 Å². The molecular weight excluding hydrogens is 260 g/mol. The Hall–Kier alpha value is -2.01. The SMILES string of the molecule is Cc1cc(C)nc(Sc2cc(C(=O)O)ccc2N)c1. The fourth-order valence-corrected chi connectivity index (χ4v) is 2.76. The first-order valence-corrected chi connectivity index (χ1v) is 6.53. The van der Waals surface area contributed by atoms with Crippen LogP contribution in [0.1, 0.15) is 21.6 Å². The first-order valence-electron chi connectivity index (χ1n) is 5.71. The molecule has 0 spiro atoms. The summed E-state index contributed by atoms with van der Waals surface area (Å²) in [6, 6.07) is 8.61. The molecule has 1 aromatic heterocycles. The van der Waals surface area contributed by atoms with Gasteiger partial charge in [0, 0.05) is 16.3 Å². The second-order valence-corrected chi connectivity index (χ2v) is 5.35. The molecule has 0 fully saturated rings. The number of rotatable bonds is 3. The van der Waals surface area contributed by atoms with Gasteiger partial charge in [-0.1, -0.05) is 11.8 Å². The van der Waals surface area contributed by atoms with Gasteiger partial charge in [-0.05, 0) is 49.7 Å². The van der Waals surface area contributed by atoms with Gasteiger partial charge in [-0.25, -0.2) is 9.78 Å². The van der Waals surface area contributed by atoms with Crippen LogP contribution in [0, 0.1) is 13.8 Å². The maximum atomic E-state index is 11.0. The number of anilines is 1. The van der Waals surface area contributed by atoms with Gasteiger partial charge in [-0.15, -0.1) is 0 Å². The monoisotopic (exact) mass is 274 g/mol. The van der Waals surface area contributed by atoms with E-state index in [1.54, 1.807) is 12.1 Å². The molecule has 0 radical (unpaired) electrons. The van der Waals surface area contributed by atoms with Crippen molar-refractivity contribution >= 4 is 23.4 Å². The van der Waals surface area contributed by atoms with Crippen LogP contribution in [0.2, 0.25) is 0 Å². The van der Waals surface area contributed by atoms with Gasteiger partial charge in [0.25, 0.3) is 0 Å². The maximum absolute atomic E-state index is 11.0. The van der Waals surface area contributed by atoms with E-state index in [0.717, 1.165) is 16.3 Å². The molecule has 0 amide bonds. The molecule has 0 saturated heterocycles. The Morgan fingerprint density at radius 3 is 2.63 bits per heavy atom. The van der Waals surface area contributed by atoms with Gasteiger partial charge in [0.1, 0.15) is 5.03 Å². The number of hydrogen-bond donors (Lipinski definition) is 2. The number of aromatic nitrogens is 1. The van der Waals surface area contributed by atoms with Gasteiger partial charge in [0.15, 0.2) is 0 Å². The number of carboxylic acids is 1. The summed E-state index contributed by atoms with van der Waals surface area (Å²) in [7, 11) is 0. The van der Waals surface area contributed by atoms with Gasteiger partial charge in [0.2, 0.25) is 0 Å². The highest BCUT2D eigenvalue weighted by Crippen LogP contribution is 2.32. The van der Waals surface area contributed by atoms with E-state index in [2.05, 4.69) is 4.98 Å². The van der Waals surface area contributed by atoms with Crippen LogP contribution < -0.4 is 5.73 Å². The van der Waals surface area contributed by atoms with Crippen molar-refractivity contribution < 1.29 is 9.90 Å². The molecule has 98 valence electrons. The Balaban J connectivity index is 2.37. The predicted octanol–water partition coefficient (Wildman–Crippen LogP) is 3.13. The molecule has 0 aliphatic heterocycles. The lowest BCUT2D eigenvalue weighted by molar-refractivity contribution is 0.0696. The van der Waals surface area contributed by atoms with E-state index in [1.807, 2.05) is 26.0 Å². The van der Waals surface area contributed by atoms with Crippen LogP contribution in [0.25, 0.3) is 0 Å². The Morgan fingerprint density at radius 1 is 1.26 bits per heavy atom. The largest absolute Gasteiger partial charge is 0.478 e. The Morgan fingerprint density at radius 2 is 2.00 bits per heavy atom. The van der Waals surface area contributed by atoms with Gasteiger partial charge in [-0.2, -0.15) is 0 Å². The summed E-state index contributed by atoms with van der Waals surface area (Å²) in [6.07, 6.45) is 0. The topological polar surface area (TPSA) is 76.2 Å². The highest BCUT2D eigenvalue weighted by molar-refractivity contribution is 7.99. The fraction of sp³-hybridized carbons (Fsp3) is 0.143. The number of carboxylic acid groups (broad SMARTS) is 1. The highest BCUT2D eigenvalue weighted by Gasteiger charge is 2.09. The molecule has 2 aromatic rings. The van der Waals surface area contributed by atoms with Crippen LogP contribution in [-0.2, 0) is 0 Å². The second-order valence-electron chi connectivity index (χ2n) is 4.28. The molecule has 0 aliphatic rings. The van der Waals surface area contributed by atoms with E-state index in [4.69, 9.17) is 10.8 Å². The Labute approximate surface area is 115 Å². The molecule has 0 atom stereocenters. The summed E-state index contributed by atoms with van der Waals surface area (Å²) in [6.45, 7) is 3.92. The lowest BCUT2D eigenvalue weighted by Crippen LogP contribution is -1.98. The van der Waals surface area contributed by atoms with E-state index in [9.17, 15) is 4.79 Å². The molecule has 0 aliphatic carbocycles. The van der Waals surface area contributed by atoms with Crippen molar-refractivity contribution in [3.05, 3.63) is 47.2 Å². The number of hydrogen-bond acceptors (Lipinski definition) is 4. The quantitative estimate of drug-likeness (QED) is 0.841. The van der Waals surface area contributed by atoms with E-state index in [0.29, 0.717) is 10.6 Å². The first-order chi connectivity index (χ1) is 8.95. The average Bonchev–Trinajstić information content (AvgIpc) is 2.30. The number of aromatic carboxylic acids is 1. The van der Waals surface area contributed by atoms with E-state index >= 15 is 0 Å². The van der Waals surface area contributed by atoms with Crippen molar-refractivity contribution in [1.82, 2.24) is 4.98 Å². The molecule has 2 rings (SSSR count). The zero-order chi connectivity index (χ0) is 14.0. The Kier molecular flexibility index (Phi) is 3.76. The second kappa shape index (κ2) is 5.32. The average molecular weight is 274 g/mol. The molecule has 0 bridgehead atoms. The lowest BCUT2D eigenvalue weighted by atomic mass is 10.2. The van der Waals surface area contributed by atoms with Crippen LogP contribution in [0.3, 0.4) is 0 Å². The molecule has 1 heterocycles. The van der Waals surface area contributed by atoms with Crippen molar-refractivity contribution in [2.75, 3.05) is 5.73 Å². The molecule has 4 nitrogen and oxygen atoms in total. The molecule has 0 saturated carbocycles. The molecule has 0 unspecified atom stereocenters. The molecular formula is C14H14N2O2S. The first kappa shape index (κ1) is 13.4. The third-order valence-corrected chi connectivity index (χ3v) is 3.54. The highest BCUT2D eigenvalue weighted by atomic mass is 32.2. The number of benzene rings is 1.